The van der Waals surface area contributed by atoms with Gasteiger partial charge in [0, 0.05) is 49.6 Å². The third kappa shape index (κ3) is 11.0. The van der Waals surface area contributed by atoms with Crippen LogP contribution in [0.15, 0.2) is 151 Å². The van der Waals surface area contributed by atoms with E-state index in [0.717, 1.165) is 60.8 Å². The van der Waals surface area contributed by atoms with Crippen LogP contribution in [0.2, 0.25) is 0 Å². The second kappa shape index (κ2) is 23.1. The van der Waals surface area contributed by atoms with Gasteiger partial charge in [-0.2, -0.15) is 5.26 Å². The lowest BCUT2D eigenvalue weighted by molar-refractivity contribution is -0.255. The molecule has 2 aliphatic carbocycles. The third-order valence-corrected chi connectivity index (χ3v) is 14.4. The van der Waals surface area contributed by atoms with E-state index in [1.807, 2.05) is 54.6 Å². The number of benzene rings is 5. The SMILES string of the molecule is C=CCO[C@@]12Oc3ccc(Oc4ccc(-c5ccccc5)cc4)cc3[C@H]3[C@H](CCCCO)[C@@H](CCCCO)C=C(C(=NOC4CCCCO4)C[C@@H]1N(Cc1ccc(F)cc1)C(=O)c1ccc(C#N)cc1)[C@H]32. The smallest absolute Gasteiger partial charge is 0.254 e. The summed E-state index contributed by atoms with van der Waals surface area (Å²) in [6.45, 7) is 4.89. The number of nitriles is 1. The molecule has 1 saturated heterocycles. The second-order valence-electron chi connectivity index (χ2n) is 18.9. The van der Waals surface area contributed by atoms with Gasteiger partial charge in [-0.25, -0.2) is 4.39 Å². The number of hydrogen-bond acceptors (Lipinski definition) is 10. The van der Waals surface area contributed by atoms with Gasteiger partial charge in [0.15, 0.2) is 0 Å². The summed E-state index contributed by atoms with van der Waals surface area (Å²) in [6, 6.07) is 38.0. The zero-order valence-electron chi connectivity index (χ0n) is 40.0. The van der Waals surface area contributed by atoms with Gasteiger partial charge in [-0.15, -0.1) is 6.58 Å². The molecule has 2 N–H and O–H groups in total. The van der Waals surface area contributed by atoms with Gasteiger partial charge in [0.25, 0.3) is 5.91 Å². The first kappa shape index (κ1) is 49.4. The number of allylic oxidation sites excluding steroid dienone is 1. The number of rotatable bonds is 20. The molecule has 1 amide bonds. The van der Waals surface area contributed by atoms with E-state index >= 15 is 4.79 Å². The van der Waals surface area contributed by atoms with Crippen molar-refractivity contribution in [2.75, 3.05) is 26.4 Å². The van der Waals surface area contributed by atoms with Crippen LogP contribution in [0, 0.1) is 34.9 Å². The van der Waals surface area contributed by atoms with Crippen LogP contribution in [-0.4, -0.2) is 71.3 Å². The highest BCUT2D eigenvalue weighted by Crippen LogP contribution is 2.62. The van der Waals surface area contributed by atoms with Crippen LogP contribution in [0.1, 0.15) is 97.2 Å². The number of amides is 1. The van der Waals surface area contributed by atoms with Crippen molar-refractivity contribution in [3.05, 3.63) is 174 Å². The molecule has 0 aromatic heterocycles. The minimum absolute atomic E-state index is 0.0120. The molecule has 2 aliphatic heterocycles. The van der Waals surface area contributed by atoms with Crippen LogP contribution in [0.3, 0.4) is 0 Å². The average molecular weight is 960 g/mol. The molecule has 0 bridgehead atoms. The number of carbonyl (C=O) groups is 1. The Labute approximate surface area is 415 Å². The summed E-state index contributed by atoms with van der Waals surface area (Å²) in [5, 5.41) is 34.8. The van der Waals surface area contributed by atoms with E-state index in [9.17, 15) is 19.9 Å². The van der Waals surface area contributed by atoms with Crippen LogP contribution in [0.5, 0.6) is 17.2 Å². The highest BCUT2D eigenvalue weighted by atomic mass is 19.1. The van der Waals surface area contributed by atoms with Crippen LogP contribution in [-0.2, 0) is 20.9 Å². The molecule has 12 heteroatoms. The zero-order valence-corrected chi connectivity index (χ0v) is 40.0. The Morgan fingerprint density at radius 3 is 2.32 bits per heavy atom. The first-order chi connectivity index (χ1) is 34.8. The van der Waals surface area contributed by atoms with E-state index in [2.05, 4.69) is 36.9 Å². The Balaban J connectivity index is 1.23. The number of aliphatic hydroxyl groups is 2. The molecule has 2 heterocycles. The summed E-state index contributed by atoms with van der Waals surface area (Å²) in [4.78, 5) is 23.5. The van der Waals surface area contributed by atoms with E-state index < -0.39 is 29.9 Å². The fourth-order valence-electron chi connectivity index (χ4n) is 11.1. The molecule has 4 aliphatic rings. The fourth-order valence-corrected chi connectivity index (χ4v) is 11.1. The van der Waals surface area contributed by atoms with Crippen LogP contribution in [0.4, 0.5) is 4.39 Å². The van der Waals surface area contributed by atoms with E-state index in [0.29, 0.717) is 65.5 Å². The fraction of sp³-hybridized carbons (Fsp3) is 0.373. The highest BCUT2D eigenvalue weighted by Gasteiger charge is 2.65. The van der Waals surface area contributed by atoms with Crippen molar-refractivity contribution in [3.8, 4) is 34.4 Å². The molecule has 5 aromatic carbocycles. The predicted octanol–water partition coefficient (Wildman–Crippen LogP) is 11.7. The van der Waals surface area contributed by atoms with E-state index in [1.54, 1.807) is 47.4 Å². The van der Waals surface area contributed by atoms with Crippen LogP contribution < -0.4 is 9.47 Å². The number of ether oxygens (including phenoxy) is 4. The number of halogens is 1. The van der Waals surface area contributed by atoms with Crippen molar-refractivity contribution in [3.63, 3.8) is 0 Å². The normalized spacial score (nSPS) is 23.8. The van der Waals surface area contributed by atoms with Gasteiger partial charge in [-0.05, 0) is 139 Å². The monoisotopic (exact) mass is 959 g/mol. The number of oxime groups is 1. The van der Waals surface area contributed by atoms with Crippen molar-refractivity contribution in [1.29, 1.82) is 5.26 Å². The summed E-state index contributed by atoms with van der Waals surface area (Å²) in [5.41, 5.74) is 6.05. The van der Waals surface area contributed by atoms with E-state index in [1.165, 1.54) is 12.1 Å². The maximum atomic E-state index is 15.4. The van der Waals surface area contributed by atoms with Gasteiger partial charge in [0.05, 0.1) is 36.5 Å². The maximum Gasteiger partial charge on any atom is 0.254 e. The van der Waals surface area contributed by atoms with Crippen LogP contribution in [0.25, 0.3) is 11.1 Å². The quantitative estimate of drug-likeness (QED) is 0.0443. The van der Waals surface area contributed by atoms with Gasteiger partial charge in [-0.3, -0.25) is 4.79 Å². The van der Waals surface area contributed by atoms with Gasteiger partial charge < -0.3 is 38.9 Å². The molecule has 9 rings (SSSR count). The van der Waals surface area contributed by atoms with Gasteiger partial charge >= 0.3 is 0 Å². The molecule has 368 valence electrons. The number of hydrogen-bond donors (Lipinski definition) is 2. The third-order valence-electron chi connectivity index (χ3n) is 14.4. The van der Waals surface area contributed by atoms with Crippen molar-refractivity contribution in [2.45, 2.75) is 94.8 Å². The summed E-state index contributed by atoms with van der Waals surface area (Å²) in [5.74, 6) is -1.34. The van der Waals surface area contributed by atoms with Crippen molar-refractivity contribution in [1.82, 2.24) is 4.90 Å². The predicted molar refractivity (Wildman–Crippen MR) is 269 cm³/mol. The maximum absolute atomic E-state index is 15.4. The summed E-state index contributed by atoms with van der Waals surface area (Å²) < 4.78 is 41.9. The molecule has 0 spiro atoms. The average Bonchev–Trinajstić information content (AvgIpc) is 3.41. The topological polar surface area (TPSA) is 143 Å². The van der Waals surface area contributed by atoms with Gasteiger partial charge in [0.2, 0.25) is 12.1 Å². The van der Waals surface area contributed by atoms with Gasteiger partial charge in [0.1, 0.15) is 29.1 Å². The Morgan fingerprint density at radius 2 is 1.62 bits per heavy atom. The first-order valence-corrected chi connectivity index (χ1v) is 25.1. The minimum atomic E-state index is -1.55. The largest absolute Gasteiger partial charge is 0.459 e. The molecule has 2 fully saturated rings. The Kier molecular flexibility index (Phi) is 16.0. The molecular formula is C59H62FN3O8. The minimum Gasteiger partial charge on any atom is -0.459 e. The number of unbranched alkanes of at least 4 members (excludes halogenated alkanes) is 2. The highest BCUT2D eigenvalue weighted by molar-refractivity contribution is 6.03. The second-order valence-corrected chi connectivity index (χ2v) is 18.9. The lowest BCUT2D eigenvalue weighted by Gasteiger charge is -2.60. The molecule has 1 unspecified atom stereocenters. The lowest BCUT2D eigenvalue weighted by atomic mass is 9.55. The van der Waals surface area contributed by atoms with E-state index in [4.69, 9.17) is 28.9 Å². The molecule has 1 saturated carbocycles. The van der Waals surface area contributed by atoms with E-state index in [-0.39, 0.29) is 56.4 Å². The Morgan fingerprint density at radius 1 is 0.887 bits per heavy atom. The van der Waals surface area contributed by atoms with Gasteiger partial charge in [-0.1, -0.05) is 84.7 Å². The molecule has 7 atom stereocenters. The number of fused-ring (bicyclic) bond motifs is 2. The number of nitrogens with zero attached hydrogens (tertiary/aromatic N) is 3. The first-order valence-electron chi connectivity index (χ1n) is 25.1. The van der Waals surface area contributed by atoms with Crippen molar-refractivity contribution < 1.29 is 43.2 Å². The molecule has 71 heavy (non-hydrogen) atoms. The van der Waals surface area contributed by atoms with Crippen molar-refractivity contribution in [2.24, 2.45) is 22.9 Å². The summed E-state index contributed by atoms with van der Waals surface area (Å²) in [6.07, 6.45) is 10.5. The van der Waals surface area contributed by atoms with Crippen LogP contribution >= 0.6 is 0 Å². The molecule has 5 aromatic rings. The molecular weight excluding hydrogens is 898 g/mol. The number of aliphatic hydroxyl groups excluding tert-OH is 2. The molecule has 0 radical (unpaired) electrons. The number of carbonyl (C=O) groups excluding carboxylic acids is 1. The standard InChI is InChI=1S/C59H62FN3O8/c1-2-33-68-59-54(63(39-41-19-25-46(60)26-20-41)58(66)44-21-17-40(38-61)18-22-44)37-52(62-71-55-16-8-11-34-67-55)50-35-45(14-6-9-31-64)49(15-7-10-32-65)56(57(50)59)51-36-48(29-30-53(51)70-59)69-47-27-23-43(24-28-47)42-12-4-3-5-13-42/h2-5,12-13,17-30,35-36,45,49,54-57,64-65H,1,6-11,14-16,31-34,37,39H2/t45-,49+,54-,55?,56+,57+,59+/m0/s1. The zero-order chi connectivity index (χ0) is 49.2. The Hall–Kier alpha value is -6.62. The molecule has 11 nitrogen and oxygen atoms in total. The summed E-state index contributed by atoms with van der Waals surface area (Å²) in [7, 11) is 0. The summed E-state index contributed by atoms with van der Waals surface area (Å²) >= 11 is 0. The Bertz CT molecular complexity index is 2700. The lowest BCUT2D eigenvalue weighted by Crippen LogP contribution is -2.70. The van der Waals surface area contributed by atoms with Crippen molar-refractivity contribution >= 4 is 11.6 Å².